The minimum atomic E-state index is -0.750. The van der Waals surface area contributed by atoms with Gasteiger partial charge in [0.15, 0.2) is 0 Å². The topological polar surface area (TPSA) is 48.1 Å². The number of hydrogen-bond donors (Lipinski definition) is 2. The minimum absolute atomic E-state index is 0.264. The van der Waals surface area contributed by atoms with E-state index in [0.29, 0.717) is 17.7 Å². The Balaban J connectivity index is 1.60. The summed E-state index contributed by atoms with van der Waals surface area (Å²) in [6.07, 6.45) is 0.545. The van der Waals surface area contributed by atoms with Crippen LogP contribution in [0.2, 0.25) is 0 Å². The fourth-order valence-corrected chi connectivity index (χ4v) is 4.26. The van der Waals surface area contributed by atoms with E-state index in [4.69, 9.17) is 0 Å². The quantitative estimate of drug-likeness (QED) is 0.424. The molecule has 1 unspecified atom stereocenters. The number of halogens is 3. The molecular formula is C24H18F3N3O. The number of hydrogen-bond acceptors (Lipinski definition) is 1. The van der Waals surface area contributed by atoms with Gasteiger partial charge in [0.05, 0.1) is 5.69 Å². The molecule has 3 aromatic carbocycles. The number of urea groups is 1. The highest BCUT2D eigenvalue weighted by atomic mass is 19.1. The Morgan fingerprint density at radius 3 is 2.58 bits per heavy atom. The molecule has 0 bridgehead atoms. The number of rotatable bonds is 2. The van der Waals surface area contributed by atoms with E-state index in [9.17, 15) is 18.0 Å². The number of amides is 2. The molecule has 0 aliphatic carbocycles. The fourth-order valence-electron chi connectivity index (χ4n) is 4.26. The van der Waals surface area contributed by atoms with Gasteiger partial charge in [0, 0.05) is 34.8 Å². The fraction of sp³-hybridized carbons (Fsp3) is 0.125. The minimum Gasteiger partial charge on any atom is -0.356 e. The number of para-hydroxylation sites is 1. The van der Waals surface area contributed by atoms with Gasteiger partial charge in [-0.2, -0.15) is 0 Å². The molecule has 0 fully saturated rings. The average Bonchev–Trinajstić information content (AvgIpc) is 3.15. The van der Waals surface area contributed by atoms with E-state index < -0.39 is 29.5 Å². The number of nitrogens with one attached hydrogen (secondary N) is 2. The first kappa shape index (κ1) is 19.2. The second-order valence-electron chi connectivity index (χ2n) is 7.48. The molecule has 4 nitrogen and oxygen atoms in total. The first-order valence-electron chi connectivity index (χ1n) is 9.89. The molecule has 2 amide bonds. The molecule has 156 valence electrons. The molecule has 0 saturated carbocycles. The van der Waals surface area contributed by atoms with E-state index in [-0.39, 0.29) is 12.2 Å². The van der Waals surface area contributed by atoms with Crippen molar-refractivity contribution >= 4 is 22.6 Å². The summed E-state index contributed by atoms with van der Waals surface area (Å²) in [7, 11) is 0. The van der Waals surface area contributed by atoms with Crippen LogP contribution in [0.1, 0.15) is 22.9 Å². The molecular weight excluding hydrogens is 403 g/mol. The van der Waals surface area contributed by atoms with E-state index in [1.165, 1.54) is 11.0 Å². The van der Waals surface area contributed by atoms with Gasteiger partial charge >= 0.3 is 6.03 Å². The van der Waals surface area contributed by atoms with Crippen LogP contribution >= 0.6 is 0 Å². The number of H-pyrrole nitrogens is 1. The van der Waals surface area contributed by atoms with Crippen LogP contribution < -0.4 is 5.32 Å². The first-order valence-corrected chi connectivity index (χ1v) is 9.89. The highest BCUT2D eigenvalue weighted by Crippen LogP contribution is 2.39. The van der Waals surface area contributed by atoms with Gasteiger partial charge in [-0.3, -0.25) is 0 Å². The molecule has 0 spiro atoms. The third kappa shape index (κ3) is 3.32. The van der Waals surface area contributed by atoms with Gasteiger partial charge in [0.25, 0.3) is 0 Å². The number of carbonyl (C=O) groups excluding carboxylic acids is 1. The highest BCUT2D eigenvalue weighted by Gasteiger charge is 2.36. The van der Waals surface area contributed by atoms with Crippen molar-refractivity contribution in [2.45, 2.75) is 12.5 Å². The molecule has 1 aliphatic heterocycles. The lowest BCUT2D eigenvalue weighted by Gasteiger charge is -2.36. The molecule has 1 aromatic heterocycles. The normalized spacial score (nSPS) is 15.7. The Labute approximate surface area is 176 Å². The summed E-state index contributed by atoms with van der Waals surface area (Å²) in [6, 6.07) is 15.5. The third-order valence-electron chi connectivity index (χ3n) is 5.67. The second kappa shape index (κ2) is 7.50. The van der Waals surface area contributed by atoms with Crippen molar-refractivity contribution in [1.82, 2.24) is 9.88 Å². The Kier molecular flexibility index (Phi) is 4.66. The molecule has 0 radical (unpaired) electrons. The van der Waals surface area contributed by atoms with Gasteiger partial charge in [-0.1, -0.05) is 36.4 Å². The number of aromatic amines is 1. The molecule has 2 heterocycles. The van der Waals surface area contributed by atoms with Crippen molar-refractivity contribution in [3.63, 3.8) is 0 Å². The molecule has 1 aliphatic rings. The maximum atomic E-state index is 14.8. The molecule has 1 atom stereocenters. The number of nitrogens with zero attached hydrogens (tertiary/aromatic N) is 1. The largest absolute Gasteiger partial charge is 0.356 e. The lowest BCUT2D eigenvalue weighted by Crippen LogP contribution is -2.43. The third-order valence-corrected chi connectivity index (χ3v) is 5.67. The number of benzene rings is 3. The molecule has 7 heteroatoms. The van der Waals surface area contributed by atoms with Crippen LogP contribution in [0.3, 0.4) is 0 Å². The van der Waals surface area contributed by atoms with Gasteiger partial charge in [-0.15, -0.1) is 0 Å². The Morgan fingerprint density at radius 1 is 0.968 bits per heavy atom. The van der Waals surface area contributed by atoms with E-state index in [1.54, 1.807) is 18.2 Å². The summed E-state index contributed by atoms with van der Waals surface area (Å²) >= 11 is 0. The standard InChI is InChI=1S/C24H18F3N3O/c25-14-9-10-19(27)21(13-14)29-24(31)30-12-11-16-15-5-2-4-8-20(15)28-22(16)23(30)17-6-1-3-7-18(17)26/h1-10,13,23,28H,11-12H2,(H,29,31). The second-order valence-corrected chi connectivity index (χ2v) is 7.48. The van der Waals surface area contributed by atoms with E-state index >= 15 is 0 Å². The molecule has 31 heavy (non-hydrogen) atoms. The van der Waals surface area contributed by atoms with Crippen molar-refractivity contribution in [3.05, 3.63) is 101 Å². The van der Waals surface area contributed by atoms with E-state index in [2.05, 4.69) is 10.3 Å². The molecule has 5 rings (SSSR count). The van der Waals surface area contributed by atoms with E-state index in [1.807, 2.05) is 24.3 Å². The summed E-state index contributed by atoms with van der Waals surface area (Å²) < 4.78 is 42.5. The maximum absolute atomic E-state index is 14.8. The summed E-state index contributed by atoms with van der Waals surface area (Å²) in [6.45, 7) is 0.288. The summed E-state index contributed by atoms with van der Waals surface area (Å²) in [5, 5.41) is 3.46. The number of carbonyl (C=O) groups is 1. The van der Waals surface area contributed by atoms with Crippen LogP contribution in [0.4, 0.5) is 23.7 Å². The summed E-state index contributed by atoms with van der Waals surface area (Å²) in [4.78, 5) is 17.9. The maximum Gasteiger partial charge on any atom is 0.322 e. The summed E-state index contributed by atoms with van der Waals surface area (Å²) in [5.74, 6) is -1.87. The highest BCUT2D eigenvalue weighted by molar-refractivity contribution is 5.91. The lowest BCUT2D eigenvalue weighted by molar-refractivity contribution is 0.191. The smallest absolute Gasteiger partial charge is 0.322 e. The van der Waals surface area contributed by atoms with Crippen LogP contribution in [-0.2, 0) is 6.42 Å². The Morgan fingerprint density at radius 2 is 1.74 bits per heavy atom. The Bertz CT molecular complexity index is 1300. The zero-order valence-corrected chi connectivity index (χ0v) is 16.3. The van der Waals surface area contributed by atoms with Crippen LogP contribution in [0, 0.1) is 17.5 Å². The summed E-state index contributed by atoms with van der Waals surface area (Å²) in [5.41, 5.74) is 2.69. The number of fused-ring (bicyclic) bond motifs is 3. The lowest BCUT2D eigenvalue weighted by atomic mass is 9.92. The zero-order chi connectivity index (χ0) is 21.5. The number of anilines is 1. The average molecular weight is 421 g/mol. The van der Waals surface area contributed by atoms with Crippen molar-refractivity contribution < 1.29 is 18.0 Å². The zero-order valence-electron chi connectivity index (χ0n) is 16.3. The van der Waals surface area contributed by atoms with Gasteiger partial charge in [-0.25, -0.2) is 18.0 Å². The van der Waals surface area contributed by atoms with Gasteiger partial charge in [0.2, 0.25) is 0 Å². The Hall–Kier alpha value is -3.74. The van der Waals surface area contributed by atoms with Gasteiger partial charge in [-0.05, 0) is 36.2 Å². The number of aromatic nitrogens is 1. The predicted octanol–water partition coefficient (Wildman–Crippen LogP) is 5.76. The SMILES string of the molecule is O=C(Nc1cc(F)ccc1F)N1CCc2c([nH]c3ccccc23)C1c1ccccc1F. The molecule has 2 N–H and O–H groups in total. The molecule has 4 aromatic rings. The van der Waals surface area contributed by atoms with Crippen LogP contribution in [0.25, 0.3) is 10.9 Å². The van der Waals surface area contributed by atoms with Crippen LogP contribution in [0.15, 0.2) is 66.7 Å². The first-order chi connectivity index (χ1) is 15.0. The van der Waals surface area contributed by atoms with Crippen molar-refractivity contribution in [2.24, 2.45) is 0 Å². The van der Waals surface area contributed by atoms with Gasteiger partial charge in [0.1, 0.15) is 23.5 Å². The molecule has 0 saturated heterocycles. The van der Waals surface area contributed by atoms with Crippen molar-refractivity contribution in [3.8, 4) is 0 Å². The van der Waals surface area contributed by atoms with Crippen LogP contribution in [-0.4, -0.2) is 22.5 Å². The predicted molar refractivity (Wildman–Crippen MR) is 112 cm³/mol. The van der Waals surface area contributed by atoms with E-state index in [0.717, 1.165) is 34.7 Å². The van der Waals surface area contributed by atoms with Crippen molar-refractivity contribution in [2.75, 3.05) is 11.9 Å². The van der Waals surface area contributed by atoms with Crippen molar-refractivity contribution in [1.29, 1.82) is 0 Å². The van der Waals surface area contributed by atoms with Crippen LogP contribution in [0.5, 0.6) is 0 Å². The van der Waals surface area contributed by atoms with Gasteiger partial charge < -0.3 is 15.2 Å². The monoisotopic (exact) mass is 421 g/mol.